The van der Waals surface area contributed by atoms with E-state index in [1.807, 2.05) is 30.3 Å². The van der Waals surface area contributed by atoms with Gasteiger partial charge >= 0.3 is 5.97 Å². The zero-order chi connectivity index (χ0) is 14.7. The fraction of sp³-hybridized carbons (Fsp3) is 0.611. The fourth-order valence-corrected chi connectivity index (χ4v) is 4.20. The lowest BCUT2D eigenvalue weighted by molar-refractivity contribution is -0.145. The first-order valence-corrected chi connectivity index (χ1v) is 8.22. The van der Waals surface area contributed by atoms with Crippen molar-refractivity contribution in [1.82, 2.24) is 4.90 Å². The number of aliphatic carboxylic acids is 1. The van der Waals surface area contributed by atoms with E-state index in [1.54, 1.807) is 0 Å². The van der Waals surface area contributed by atoms with Crippen LogP contribution in [0, 0.1) is 5.41 Å². The van der Waals surface area contributed by atoms with Crippen molar-refractivity contribution in [1.29, 1.82) is 0 Å². The van der Waals surface area contributed by atoms with E-state index in [0.29, 0.717) is 5.41 Å². The second-order valence-electron chi connectivity index (χ2n) is 6.75. The monoisotopic (exact) mass is 287 g/mol. The minimum Gasteiger partial charge on any atom is -0.480 e. The molecule has 114 valence electrons. The van der Waals surface area contributed by atoms with E-state index in [-0.39, 0.29) is 0 Å². The Morgan fingerprint density at radius 2 is 1.62 bits per heavy atom. The summed E-state index contributed by atoms with van der Waals surface area (Å²) in [6, 6.07) is 9.19. The molecule has 3 nitrogen and oxygen atoms in total. The third-order valence-electron chi connectivity index (χ3n) is 5.49. The second-order valence-corrected chi connectivity index (χ2v) is 6.75. The topological polar surface area (TPSA) is 40.5 Å². The third kappa shape index (κ3) is 3.13. The summed E-state index contributed by atoms with van der Waals surface area (Å²) in [6.45, 7) is 1.84. The number of nitrogens with zero attached hydrogens (tertiary/aromatic N) is 1. The predicted octanol–water partition coefficient (Wildman–Crippen LogP) is 3.86. The van der Waals surface area contributed by atoms with E-state index in [9.17, 15) is 9.90 Å². The van der Waals surface area contributed by atoms with Crippen LogP contribution < -0.4 is 0 Å². The summed E-state index contributed by atoms with van der Waals surface area (Å²) >= 11 is 0. The van der Waals surface area contributed by atoms with Gasteiger partial charge in [-0.1, -0.05) is 49.6 Å². The van der Waals surface area contributed by atoms with Crippen molar-refractivity contribution < 1.29 is 9.90 Å². The first-order chi connectivity index (χ1) is 10.2. The van der Waals surface area contributed by atoms with Crippen LogP contribution in [0.25, 0.3) is 0 Å². The molecule has 1 saturated carbocycles. The first kappa shape index (κ1) is 14.6. The summed E-state index contributed by atoms with van der Waals surface area (Å²) in [5.41, 5.74) is 1.43. The molecular formula is C18H25NO2. The first-order valence-electron chi connectivity index (χ1n) is 8.22. The molecule has 1 aliphatic carbocycles. The molecule has 1 spiro atoms. The number of piperidine rings is 1. The molecule has 1 saturated heterocycles. The van der Waals surface area contributed by atoms with Gasteiger partial charge in [-0.2, -0.15) is 0 Å². The molecule has 21 heavy (non-hydrogen) atoms. The number of carboxylic acids is 1. The molecule has 0 radical (unpaired) electrons. The summed E-state index contributed by atoms with van der Waals surface area (Å²) in [4.78, 5) is 13.9. The van der Waals surface area contributed by atoms with E-state index in [2.05, 4.69) is 4.90 Å². The average molecular weight is 287 g/mol. The third-order valence-corrected chi connectivity index (χ3v) is 5.49. The maximum Gasteiger partial charge on any atom is 0.325 e. The molecular weight excluding hydrogens is 262 g/mol. The highest BCUT2D eigenvalue weighted by molar-refractivity contribution is 5.75. The van der Waals surface area contributed by atoms with E-state index in [0.717, 1.165) is 18.7 Å². The van der Waals surface area contributed by atoms with Crippen LogP contribution in [0.2, 0.25) is 0 Å². The van der Waals surface area contributed by atoms with Crippen LogP contribution in [0.3, 0.4) is 0 Å². The minimum absolute atomic E-state index is 0.479. The zero-order valence-corrected chi connectivity index (χ0v) is 12.6. The Kier molecular flexibility index (Phi) is 4.29. The molecule has 3 heteroatoms. The summed E-state index contributed by atoms with van der Waals surface area (Å²) in [5.74, 6) is -0.721. The standard InChI is InChI=1S/C18H25NO2/c20-17(21)16(15-7-3-1-4-8-15)19-13-11-18(12-14-19)9-5-2-6-10-18/h1,3-4,7-8,16H,2,5-6,9-14H2,(H,20,21). The van der Waals surface area contributed by atoms with Gasteiger partial charge in [0.15, 0.2) is 0 Å². The molecule has 2 aliphatic rings. The van der Waals surface area contributed by atoms with Crippen LogP contribution in [-0.2, 0) is 4.79 Å². The van der Waals surface area contributed by atoms with Crippen molar-refractivity contribution in [2.75, 3.05) is 13.1 Å². The minimum atomic E-state index is -0.721. The Hall–Kier alpha value is -1.35. The summed E-state index contributed by atoms with van der Waals surface area (Å²) in [7, 11) is 0. The summed E-state index contributed by atoms with van der Waals surface area (Å²) < 4.78 is 0. The molecule has 0 bridgehead atoms. The van der Waals surface area contributed by atoms with Crippen molar-refractivity contribution in [2.24, 2.45) is 5.41 Å². The number of hydrogen-bond acceptors (Lipinski definition) is 2. The Morgan fingerprint density at radius 3 is 2.19 bits per heavy atom. The van der Waals surface area contributed by atoms with Gasteiger partial charge in [-0.15, -0.1) is 0 Å². The zero-order valence-electron chi connectivity index (χ0n) is 12.6. The highest BCUT2D eigenvalue weighted by atomic mass is 16.4. The Labute approximate surface area is 127 Å². The number of carboxylic acid groups (broad SMARTS) is 1. The SMILES string of the molecule is O=C(O)C(c1ccccc1)N1CCC2(CCCCC2)CC1. The molecule has 1 aliphatic heterocycles. The molecule has 1 aromatic rings. The molecule has 1 atom stereocenters. The van der Waals surface area contributed by atoms with Gasteiger partial charge in [-0.25, -0.2) is 0 Å². The lowest BCUT2D eigenvalue weighted by atomic mass is 9.68. The molecule has 2 fully saturated rings. The second kappa shape index (κ2) is 6.18. The van der Waals surface area contributed by atoms with Gasteiger partial charge in [0.2, 0.25) is 0 Å². The van der Waals surface area contributed by atoms with Gasteiger partial charge in [-0.05, 0) is 49.8 Å². The van der Waals surface area contributed by atoms with Gasteiger partial charge in [0.05, 0.1) is 0 Å². The number of carbonyl (C=O) groups is 1. The van der Waals surface area contributed by atoms with Crippen molar-refractivity contribution >= 4 is 5.97 Å². The Bertz CT molecular complexity index is 469. The summed E-state index contributed by atoms with van der Waals surface area (Å²) in [6.07, 6.45) is 9.15. The van der Waals surface area contributed by atoms with Crippen LogP contribution in [-0.4, -0.2) is 29.1 Å². The van der Waals surface area contributed by atoms with Crippen LogP contribution in [0.4, 0.5) is 0 Å². The quantitative estimate of drug-likeness (QED) is 0.917. The number of hydrogen-bond donors (Lipinski definition) is 1. The maximum atomic E-state index is 11.7. The average Bonchev–Trinajstić information content (AvgIpc) is 2.51. The van der Waals surface area contributed by atoms with Gasteiger partial charge in [0.25, 0.3) is 0 Å². The van der Waals surface area contributed by atoms with Crippen molar-refractivity contribution in [3.8, 4) is 0 Å². The molecule has 0 aromatic heterocycles. The van der Waals surface area contributed by atoms with Gasteiger partial charge < -0.3 is 5.11 Å². The molecule has 1 heterocycles. The van der Waals surface area contributed by atoms with E-state index in [4.69, 9.17) is 0 Å². The Balaban J connectivity index is 1.70. The highest BCUT2D eigenvalue weighted by Gasteiger charge is 2.38. The van der Waals surface area contributed by atoms with Crippen LogP contribution in [0.15, 0.2) is 30.3 Å². The smallest absolute Gasteiger partial charge is 0.325 e. The normalized spacial score (nSPS) is 23.8. The molecule has 3 rings (SSSR count). The summed E-state index contributed by atoms with van der Waals surface area (Å²) in [5, 5.41) is 9.64. The van der Waals surface area contributed by atoms with Crippen molar-refractivity contribution in [3.05, 3.63) is 35.9 Å². The van der Waals surface area contributed by atoms with Crippen LogP contribution in [0.1, 0.15) is 56.6 Å². The van der Waals surface area contributed by atoms with E-state index >= 15 is 0 Å². The number of rotatable bonds is 3. The lowest BCUT2D eigenvalue weighted by Gasteiger charge is -2.45. The van der Waals surface area contributed by atoms with Crippen LogP contribution in [0.5, 0.6) is 0 Å². The molecule has 1 N–H and O–H groups in total. The van der Waals surface area contributed by atoms with Crippen LogP contribution >= 0.6 is 0 Å². The van der Waals surface area contributed by atoms with Crippen molar-refractivity contribution in [2.45, 2.75) is 51.0 Å². The lowest BCUT2D eigenvalue weighted by Crippen LogP contribution is -2.44. The van der Waals surface area contributed by atoms with E-state index < -0.39 is 12.0 Å². The van der Waals surface area contributed by atoms with Gasteiger partial charge in [0, 0.05) is 0 Å². The Morgan fingerprint density at radius 1 is 1.00 bits per heavy atom. The molecule has 1 unspecified atom stereocenters. The number of benzene rings is 1. The molecule has 1 aromatic carbocycles. The van der Waals surface area contributed by atoms with Gasteiger partial charge in [-0.3, -0.25) is 9.69 Å². The highest BCUT2D eigenvalue weighted by Crippen LogP contribution is 2.45. The van der Waals surface area contributed by atoms with Gasteiger partial charge in [0.1, 0.15) is 6.04 Å². The van der Waals surface area contributed by atoms with E-state index in [1.165, 1.54) is 44.9 Å². The largest absolute Gasteiger partial charge is 0.480 e. The molecule has 0 amide bonds. The predicted molar refractivity (Wildman–Crippen MR) is 83.1 cm³/mol. The maximum absolute atomic E-state index is 11.7. The number of likely N-dealkylation sites (tertiary alicyclic amines) is 1. The fourth-order valence-electron chi connectivity index (χ4n) is 4.20. The van der Waals surface area contributed by atoms with Crippen molar-refractivity contribution in [3.63, 3.8) is 0 Å².